The summed E-state index contributed by atoms with van der Waals surface area (Å²) in [6, 6.07) is 8.79. The highest BCUT2D eigenvalue weighted by atomic mass is 28.4. The third-order valence-electron chi connectivity index (χ3n) is 9.87. The van der Waals surface area contributed by atoms with E-state index in [1.165, 1.54) is 0 Å². The fraction of sp³-hybridized carbons (Fsp3) is 0.771. The van der Waals surface area contributed by atoms with Gasteiger partial charge in [-0.1, -0.05) is 106 Å². The number of halogens is 7. The number of benzene rings is 1. The van der Waals surface area contributed by atoms with Gasteiger partial charge in [-0.15, -0.1) is 6.58 Å². The molecule has 1 aromatic carbocycles. The molecule has 0 fully saturated rings. The summed E-state index contributed by atoms with van der Waals surface area (Å²) in [6.45, 7) is 23.3. The van der Waals surface area contributed by atoms with Gasteiger partial charge in [-0.05, 0) is 45.7 Å². The molecule has 280 valence electrons. The molecule has 1 rings (SSSR count). The maximum Gasteiger partial charge on any atom is 0.459 e. The molecule has 0 aliphatic carbocycles. The first-order chi connectivity index (χ1) is 22.0. The summed E-state index contributed by atoms with van der Waals surface area (Å²) in [5, 5.41) is 10.8. The fourth-order valence-electron chi connectivity index (χ4n) is 7.25. The molecule has 0 amide bonds. The van der Waals surface area contributed by atoms with Crippen molar-refractivity contribution in [2.75, 3.05) is 6.61 Å². The number of ether oxygens (including phenoxy) is 1. The molecule has 0 radical (unpaired) electrons. The summed E-state index contributed by atoms with van der Waals surface area (Å²) in [5.41, 5.74) is 0.648. The zero-order valence-electron chi connectivity index (χ0n) is 30.4. The lowest BCUT2D eigenvalue weighted by Gasteiger charge is -2.46. The first kappa shape index (κ1) is 44.8. The van der Waals surface area contributed by atoms with Gasteiger partial charge in [0.25, 0.3) is 0 Å². The molecule has 0 heterocycles. The molecule has 13 heteroatoms. The van der Waals surface area contributed by atoms with E-state index < -0.39 is 76.5 Å². The van der Waals surface area contributed by atoms with Crippen LogP contribution in [0.25, 0.3) is 0 Å². The molecular formula is C35H59F7O4Si2. The molecule has 0 unspecified atom stereocenters. The van der Waals surface area contributed by atoms with Crippen LogP contribution in [0, 0.1) is 0 Å². The number of hydrogen-bond donors (Lipinski definition) is 1. The standard InChI is InChI=1S/C35H59F7O4Si2/c1-12-16-30(45-47(24(2)3,25(4)5)20-19-33(36,37)34(38,39)35(40,41)42)21-31(44-23-29-17-14-13-15-18-29)32(22-43)46-48(26(6)7,27(8)9)28(10)11/h12-15,17-18,24-28,30-32,43H,1,16,19-23H2,2-11H3/t30-,31+,32+/m0/s1. The van der Waals surface area contributed by atoms with Crippen molar-refractivity contribution in [1.82, 2.24) is 0 Å². The Hall–Kier alpha value is -1.26. The van der Waals surface area contributed by atoms with E-state index in [-0.39, 0.29) is 42.7 Å². The van der Waals surface area contributed by atoms with E-state index in [1.807, 2.05) is 30.3 Å². The molecule has 0 spiro atoms. The van der Waals surface area contributed by atoms with Crippen molar-refractivity contribution < 1.29 is 49.4 Å². The van der Waals surface area contributed by atoms with Crippen molar-refractivity contribution in [2.45, 2.75) is 165 Å². The van der Waals surface area contributed by atoms with Crippen LogP contribution in [-0.4, -0.2) is 64.7 Å². The SMILES string of the molecule is C=CC[C@@H](C[C@@H](OCc1ccccc1)[C@@H](CO)O[Si](C(C)C)(C(C)C)C(C)C)O[Si](CCC(F)(F)C(F)(F)C(F)(F)F)(C(C)C)C(C)C. The second-order valence-electron chi connectivity index (χ2n) is 14.5. The van der Waals surface area contributed by atoms with E-state index >= 15 is 0 Å². The van der Waals surface area contributed by atoms with Crippen LogP contribution in [0.5, 0.6) is 0 Å². The van der Waals surface area contributed by atoms with E-state index in [4.69, 9.17) is 13.6 Å². The lowest BCUT2D eigenvalue weighted by molar-refractivity contribution is -0.354. The van der Waals surface area contributed by atoms with Crippen LogP contribution in [0.3, 0.4) is 0 Å². The van der Waals surface area contributed by atoms with Crippen molar-refractivity contribution in [3.05, 3.63) is 48.6 Å². The van der Waals surface area contributed by atoms with E-state index in [0.29, 0.717) is 0 Å². The molecule has 1 aromatic rings. The van der Waals surface area contributed by atoms with Gasteiger partial charge in [-0.25, -0.2) is 0 Å². The second kappa shape index (κ2) is 18.3. The number of rotatable bonds is 22. The fourth-order valence-corrected chi connectivity index (χ4v) is 17.5. The smallest absolute Gasteiger partial charge is 0.413 e. The third-order valence-corrected chi connectivity index (χ3v) is 21.7. The first-order valence-electron chi connectivity index (χ1n) is 17.0. The molecular weight excluding hydrogens is 674 g/mol. The lowest BCUT2D eigenvalue weighted by Crippen LogP contribution is -2.55. The van der Waals surface area contributed by atoms with Gasteiger partial charge in [0.2, 0.25) is 8.32 Å². The van der Waals surface area contributed by atoms with Gasteiger partial charge in [0, 0.05) is 12.8 Å². The summed E-state index contributed by atoms with van der Waals surface area (Å²) in [4.78, 5) is 0. The number of alkyl halides is 7. The van der Waals surface area contributed by atoms with Crippen molar-refractivity contribution in [3.63, 3.8) is 0 Å². The van der Waals surface area contributed by atoms with E-state index in [1.54, 1.807) is 33.8 Å². The Bertz CT molecular complexity index is 1050. The summed E-state index contributed by atoms with van der Waals surface area (Å²) in [5.74, 6) is -11.5. The van der Waals surface area contributed by atoms with Gasteiger partial charge in [-0.2, -0.15) is 30.7 Å². The van der Waals surface area contributed by atoms with Crippen molar-refractivity contribution in [2.24, 2.45) is 0 Å². The Kier molecular flexibility index (Phi) is 17.1. The number of aliphatic hydroxyl groups excluding tert-OH is 1. The minimum atomic E-state index is -6.40. The van der Waals surface area contributed by atoms with Gasteiger partial charge >= 0.3 is 18.0 Å². The zero-order chi connectivity index (χ0) is 37.3. The minimum Gasteiger partial charge on any atom is -0.413 e. The molecule has 0 saturated heterocycles. The lowest BCUT2D eigenvalue weighted by atomic mass is 10.0. The highest BCUT2D eigenvalue weighted by Gasteiger charge is 2.72. The van der Waals surface area contributed by atoms with Crippen LogP contribution in [0.15, 0.2) is 43.0 Å². The van der Waals surface area contributed by atoms with Gasteiger partial charge in [0.1, 0.15) is 0 Å². The summed E-state index contributed by atoms with van der Waals surface area (Å²) < 4.78 is 116. The molecule has 0 aliphatic heterocycles. The maximum absolute atomic E-state index is 14.6. The average molecular weight is 733 g/mol. The van der Waals surface area contributed by atoms with Crippen molar-refractivity contribution >= 4 is 16.6 Å². The van der Waals surface area contributed by atoms with Crippen LogP contribution in [0.2, 0.25) is 33.7 Å². The third kappa shape index (κ3) is 10.6. The minimum absolute atomic E-state index is 0.145. The molecule has 48 heavy (non-hydrogen) atoms. The highest BCUT2D eigenvalue weighted by Crippen LogP contribution is 2.51. The molecule has 4 nitrogen and oxygen atoms in total. The Labute approximate surface area is 286 Å². The molecule has 0 saturated carbocycles. The first-order valence-corrected chi connectivity index (χ1v) is 21.4. The molecule has 1 N–H and O–H groups in total. The predicted molar refractivity (Wildman–Crippen MR) is 184 cm³/mol. The quantitative estimate of drug-likeness (QED) is 0.0733. The summed E-state index contributed by atoms with van der Waals surface area (Å²) in [6.07, 6.45) is -8.33. The normalized spacial score (nSPS) is 16.0. The van der Waals surface area contributed by atoms with Crippen molar-refractivity contribution in [1.29, 1.82) is 0 Å². The average Bonchev–Trinajstić information content (AvgIpc) is 2.97. The zero-order valence-corrected chi connectivity index (χ0v) is 32.4. The van der Waals surface area contributed by atoms with Gasteiger partial charge in [0.15, 0.2) is 8.32 Å². The van der Waals surface area contributed by atoms with E-state index in [2.05, 4.69) is 48.1 Å². The summed E-state index contributed by atoms with van der Waals surface area (Å²) in [7, 11) is -6.02. The van der Waals surface area contributed by atoms with E-state index in [9.17, 15) is 35.8 Å². The highest BCUT2D eigenvalue weighted by molar-refractivity contribution is 6.77. The largest absolute Gasteiger partial charge is 0.459 e. The predicted octanol–water partition coefficient (Wildman–Crippen LogP) is 11.5. The van der Waals surface area contributed by atoms with Crippen LogP contribution >= 0.6 is 0 Å². The Morgan fingerprint density at radius 1 is 0.750 bits per heavy atom. The van der Waals surface area contributed by atoms with Crippen LogP contribution in [0.4, 0.5) is 30.7 Å². The Morgan fingerprint density at radius 3 is 1.65 bits per heavy atom. The Balaban J connectivity index is 3.63. The molecule has 0 aromatic heterocycles. The molecule has 3 atom stereocenters. The topological polar surface area (TPSA) is 47.9 Å². The van der Waals surface area contributed by atoms with Crippen LogP contribution in [0.1, 0.15) is 94.1 Å². The maximum atomic E-state index is 14.6. The summed E-state index contributed by atoms with van der Waals surface area (Å²) >= 11 is 0. The van der Waals surface area contributed by atoms with Gasteiger partial charge in [-0.3, -0.25) is 0 Å². The molecule has 0 bridgehead atoms. The van der Waals surface area contributed by atoms with Gasteiger partial charge < -0.3 is 18.7 Å². The van der Waals surface area contributed by atoms with Crippen LogP contribution < -0.4 is 0 Å². The van der Waals surface area contributed by atoms with Crippen LogP contribution in [-0.2, 0) is 20.2 Å². The van der Waals surface area contributed by atoms with Gasteiger partial charge in [0.05, 0.1) is 31.5 Å². The Morgan fingerprint density at radius 2 is 1.25 bits per heavy atom. The van der Waals surface area contributed by atoms with E-state index in [0.717, 1.165) is 5.56 Å². The second-order valence-corrected chi connectivity index (χ2v) is 24.9. The molecule has 0 aliphatic rings. The monoisotopic (exact) mass is 732 g/mol. The number of aliphatic hydroxyl groups is 1. The van der Waals surface area contributed by atoms with Crippen molar-refractivity contribution in [3.8, 4) is 0 Å². The number of hydrogen-bond acceptors (Lipinski definition) is 4.